The van der Waals surface area contributed by atoms with Crippen LogP contribution in [-0.4, -0.2) is 0 Å². The topological polar surface area (TPSA) is 289 Å². The number of allylic oxidation sites excluding steroid dienone is 12. The summed E-state index contributed by atoms with van der Waals surface area (Å²) in [6, 6.07) is 67.7. The van der Waals surface area contributed by atoms with Crippen molar-refractivity contribution in [3.8, 4) is 72.8 Å². The molecule has 0 N–H and O–H groups in total. The molecule has 0 saturated carbocycles. The Balaban J connectivity index is 1.63. The largest absolute Gasteiger partial charge is 0.311 e. The third-order valence-electron chi connectivity index (χ3n) is 11.0. The van der Waals surface area contributed by atoms with Gasteiger partial charge in [0.25, 0.3) is 0 Å². The van der Waals surface area contributed by atoms with E-state index in [-0.39, 0.29) is 66.9 Å². The van der Waals surface area contributed by atoms with Crippen LogP contribution in [-0.2, 0) is 0 Å². The summed E-state index contributed by atoms with van der Waals surface area (Å²) in [5.41, 5.74) is 1.67. The molecular weight excluding hydrogens is 903 g/mol. The lowest BCUT2D eigenvalue weighted by molar-refractivity contribution is 1.28. The Morgan fingerprint density at radius 2 is 0.356 bits per heavy atom. The van der Waals surface area contributed by atoms with Crippen LogP contribution in [0.5, 0.6) is 0 Å². The predicted octanol–water partition coefficient (Wildman–Crippen LogP) is 12.1. The molecule has 13 heteroatoms. The fourth-order valence-electron chi connectivity index (χ4n) is 7.90. The zero-order valence-corrected chi connectivity index (χ0v) is 37.9. The van der Waals surface area contributed by atoms with Gasteiger partial charge in [0.1, 0.15) is 106 Å². The smallest absolute Gasteiger partial charge is 0.138 e. The second kappa shape index (κ2) is 23.8. The number of anilines is 3. The number of hydrogen-bond donors (Lipinski definition) is 0. The van der Waals surface area contributed by atoms with Gasteiger partial charge in [-0.05, 0) is 69.8 Å². The van der Waals surface area contributed by atoms with Gasteiger partial charge >= 0.3 is 0 Å². The summed E-state index contributed by atoms with van der Waals surface area (Å²) in [5.74, 6) is 0. The van der Waals surface area contributed by atoms with Crippen molar-refractivity contribution in [3.05, 3.63) is 231 Å². The minimum Gasteiger partial charge on any atom is -0.311 e. The van der Waals surface area contributed by atoms with E-state index in [1.807, 2.05) is 72.8 Å². The molecule has 0 aliphatic carbocycles. The van der Waals surface area contributed by atoms with Crippen molar-refractivity contribution in [2.24, 2.45) is 0 Å². The molecule has 73 heavy (non-hydrogen) atoms. The predicted molar refractivity (Wildman–Crippen MR) is 269 cm³/mol. The van der Waals surface area contributed by atoms with Crippen LogP contribution in [0, 0.1) is 136 Å². The Labute approximate surface area is 420 Å². The van der Waals surface area contributed by atoms with Crippen LogP contribution < -0.4 is 4.90 Å². The molecule has 0 amide bonds. The van der Waals surface area contributed by atoms with Crippen LogP contribution in [0.2, 0.25) is 0 Å². The summed E-state index contributed by atoms with van der Waals surface area (Å²) in [6.07, 6.45) is 0. The van der Waals surface area contributed by atoms with Crippen molar-refractivity contribution in [3.63, 3.8) is 0 Å². The fourth-order valence-corrected chi connectivity index (χ4v) is 7.90. The molecule has 6 rings (SSSR count). The van der Waals surface area contributed by atoms with Crippen LogP contribution in [0.15, 0.2) is 197 Å². The highest BCUT2D eigenvalue weighted by Gasteiger charge is 2.25. The van der Waals surface area contributed by atoms with E-state index in [0.29, 0.717) is 50.4 Å². The quantitative estimate of drug-likeness (QED) is 0.0815. The van der Waals surface area contributed by atoms with Crippen LogP contribution >= 0.6 is 0 Å². The summed E-state index contributed by atoms with van der Waals surface area (Å²) >= 11 is 0. The standard InChI is InChI=1S/C60H27N13/c61-28-46(29-62)55(40-10-4-1-5-11-40)58(49(34-67)35-68)43-16-22-52(23-17-43)73(53-24-18-44(19-25-53)59(50(36-69)37-70)56(47(30-63)31-64)41-12-6-2-7-13-41)54-26-20-45(21-27-54)60(51(38-71)39-72)57(48(32-65)33-66)42-14-8-3-9-15-42/h1-27H. The lowest BCUT2D eigenvalue weighted by atomic mass is 9.86. The van der Waals surface area contributed by atoms with Gasteiger partial charge in [-0.2, -0.15) is 63.1 Å². The number of benzene rings is 6. The zero-order valence-electron chi connectivity index (χ0n) is 37.9. The molecule has 0 aliphatic heterocycles. The SMILES string of the molecule is N#CC(C#N)=C(C(=C(C#N)C#N)c1ccc(N(c2ccc(C(=C(C#N)C#N)C(=C(C#N)C#N)c3ccccc3)cc2)c2ccc(C(=C(C#N)C#N)C(=C(C#N)C#N)c3ccccc3)cc2)cc1)c1ccccc1. The number of hydrogen-bond acceptors (Lipinski definition) is 13. The maximum Gasteiger partial charge on any atom is 0.138 e. The number of rotatable bonds is 12. The van der Waals surface area contributed by atoms with Crippen LogP contribution in [0.25, 0.3) is 33.4 Å². The van der Waals surface area contributed by atoms with Crippen molar-refractivity contribution < 1.29 is 0 Å². The van der Waals surface area contributed by atoms with Gasteiger partial charge in [0.2, 0.25) is 0 Å². The Morgan fingerprint density at radius 1 is 0.205 bits per heavy atom. The minimum atomic E-state index is -0.367. The Bertz CT molecular complexity index is 3410. The highest BCUT2D eigenvalue weighted by Crippen LogP contribution is 2.43. The molecule has 0 radical (unpaired) electrons. The van der Waals surface area contributed by atoms with Crippen molar-refractivity contribution in [1.29, 1.82) is 63.1 Å². The van der Waals surface area contributed by atoms with Gasteiger partial charge < -0.3 is 4.90 Å². The second-order valence-corrected chi connectivity index (χ2v) is 14.9. The molecule has 6 aromatic rings. The van der Waals surface area contributed by atoms with E-state index in [9.17, 15) is 63.1 Å². The van der Waals surface area contributed by atoms with Gasteiger partial charge in [-0.25, -0.2) is 0 Å². The molecule has 13 nitrogen and oxygen atoms in total. The Hall–Kier alpha value is -12.6. The number of nitriles is 12. The summed E-state index contributed by atoms with van der Waals surface area (Å²) in [4.78, 5) is 1.77. The normalized spacial score (nSPS) is 9.21. The van der Waals surface area contributed by atoms with E-state index in [4.69, 9.17) is 0 Å². The zero-order chi connectivity index (χ0) is 52.3. The van der Waals surface area contributed by atoms with Crippen LogP contribution in [0.1, 0.15) is 33.4 Å². The van der Waals surface area contributed by atoms with E-state index in [1.165, 1.54) is 0 Å². The highest BCUT2D eigenvalue weighted by molar-refractivity contribution is 6.13. The van der Waals surface area contributed by atoms with E-state index in [2.05, 4.69) is 0 Å². The summed E-state index contributed by atoms with van der Waals surface area (Å²) in [6.45, 7) is 0. The molecule has 6 aromatic carbocycles. The van der Waals surface area contributed by atoms with Gasteiger partial charge in [0.15, 0.2) is 0 Å². The monoisotopic (exact) mass is 929 g/mol. The highest BCUT2D eigenvalue weighted by atomic mass is 15.1. The van der Waals surface area contributed by atoms with Crippen molar-refractivity contribution in [1.82, 2.24) is 0 Å². The first-order chi connectivity index (χ1) is 35.7. The minimum absolute atomic E-state index is 0.0316. The Morgan fingerprint density at radius 3 is 0.507 bits per heavy atom. The first-order valence-electron chi connectivity index (χ1n) is 21.3. The molecule has 0 fully saturated rings. The average molecular weight is 930 g/mol. The first-order valence-corrected chi connectivity index (χ1v) is 21.3. The lowest BCUT2D eigenvalue weighted by Gasteiger charge is -2.27. The van der Waals surface area contributed by atoms with E-state index >= 15 is 0 Å². The van der Waals surface area contributed by atoms with E-state index in [1.54, 1.807) is 169 Å². The molecule has 0 saturated heterocycles. The van der Waals surface area contributed by atoms with Crippen LogP contribution in [0.4, 0.5) is 17.1 Å². The van der Waals surface area contributed by atoms with E-state index in [0.717, 1.165) is 0 Å². The third kappa shape index (κ3) is 10.4. The number of nitrogens with zero attached hydrogens (tertiary/aromatic N) is 13. The second-order valence-electron chi connectivity index (χ2n) is 14.9. The molecule has 0 unspecified atom stereocenters. The molecule has 0 spiro atoms. The molecule has 0 bridgehead atoms. The summed E-state index contributed by atoms with van der Waals surface area (Å²) < 4.78 is 0. The molecule has 0 aromatic heterocycles. The maximum absolute atomic E-state index is 10.2. The lowest BCUT2D eigenvalue weighted by Crippen LogP contribution is -2.10. The summed E-state index contributed by atoms with van der Waals surface area (Å²) in [7, 11) is 0. The van der Waals surface area contributed by atoms with Gasteiger partial charge in [-0.3, -0.25) is 0 Å². The first kappa shape index (κ1) is 49.9. The fraction of sp³-hybridized carbons (Fsp3) is 0. The molecule has 0 heterocycles. The van der Waals surface area contributed by atoms with Crippen molar-refractivity contribution in [2.75, 3.05) is 4.90 Å². The van der Waals surface area contributed by atoms with Gasteiger partial charge in [0.05, 0.1) is 0 Å². The maximum atomic E-state index is 10.2. The molecule has 0 atom stereocenters. The van der Waals surface area contributed by atoms with Crippen LogP contribution in [0.3, 0.4) is 0 Å². The van der Waals surface area contributed by atoms with Gasteiger partial charge in [0, 0.05) is 50.5 Å². The third-order valence-corrected chi connectivity index (χ3v) is 11.0. The van der Waals surface area contributed by atoms with E-state index < -0.39 is 0 Å². The van der Waals surface area contributed by atoms with Gasteiger partial charge in [-0.15, -0.1) is 0 Å². The molecule has 332 valence electrons. The van der Waals surface area contributed by atoms with Crippen molar-refractivity contribution in [2.45, 2.75) is 0 Å². The van der Waals surface area contributed by atoms with Crippen molar-refractivity contribution >= 4 is 50.5 Å². The summed E-state index contributed by atoms with van der Waals surface area (Å²) in [5, 5.41) is 122. The molecular formula is C60H27N13. The molecule has 0 aliphatic rings. The Kier molecular flexibility index (Phi) is 16.2. The van der Waals surface area contributed by atoms with Gasteiger partial charge in [-0.1, -0.05) is 127 Å². The average Bonchev–Trinajstić information content (AvgIpc) is 3.45.